The summed E-state index contributed by atoms with van der Waals surface area (Å²) in [6.07, 6.45) is 3.10. The topological polar surface area (TPSA) is 49.0 Å². The Morgan fingerprint density at radius 2 is 2.12 bits per heavy atom. The minimum atomic E-state index is -0.0786. The van der Waals surface area contributed by atoms with Crippen LogP contribution in [0.2, 0.25) is 0 Å². The maximum absolute atomic E-state index is 11.9. The number of H-pyrrole nitrogens is 1. The van der Waals surface area contributed by atoms with Crippen molar-refractivity contribution in [3.8, 4) is 0 Å². The van der Waals surface area contributed by atoms with Gasteiger partial charge in [-0.3, -0.25) is 4.79 Å². The zero-order valence-electron chi connectivity index (χ0n) is 9.05. The van der Waals surface area contributed by atoms with E-state index in [2.05, 4.69) is 9.97 Å². The predicted octanol–water partition coefficient (Wildman–Crippen LogP) is 1.68. The maximum atomic E-state index is 11.9. The molecule has 0 radical (unpaired) electrons. The van der Waals surface area contributed by atoms with E-state index in [1.807, 2.05) is 30.3 Å². The number of benzene rings is 1. The van der Waals surface area contributed by atoms with E-state index in [1.54, 1.807) is 18.1 Å². The zero-order chi connectivity index (χ0) is 11.4. The summed E-state index contributed by atoms with van der Waals surface area (Å²) in [5.41, 5.74) is 1.55. The number of aromatic amines is 1. The number of imidazole rings is 1. The van der Waals surface area contributed by atoms with E-state index in [1.165, 1.54) is 6.33 Å². The number of aromatic nitrogens is 2. The van der Waals surface area contributed by atoms with Crippen LogP contribution < -0.4 is 0 Å². The van der Waals surface area contributed by atoms with Crippen LogP contribution in [0.3, 0.4) is 0 Å². The third-order valence-electron chi connectivity index (χ3n) is 2.33. The molecule has 4 nitrogen and oxygen atoms in total. The molecule has 2 aromatic rings. The molecule has 0 aliphatic rings. The summed E-state index contributed by atoms with van der Waals surface area (Å²) < 4.78 is 0. The first-order valence-electron chi connectivity index (χ1n) is 5.05. The lowest BCUT2D eigenvalue weighted by molar-refractivity contribution is 0.0780. The number of rotatable bonds is 3. The molecule has 1 amide bonds. The second kappa shape index (κ2) is 4.61. The van der Waals surface area contributed by atoms with Crippen LogP contribution >= 0.6 is 0 Å². The van der Waals surface area contributed by atoms with Gasteiger partial charge in [0.25, 0.3) is 5.91 Å². The fourth-order valence-corrected chi connectivity index (χ4v) is 1.50. The standard InChI is InChI=1S/C12H13N3O/c1-15(8-10-5-3-2-4-6-10)12(16)11-7-13-9-14-11/h2-7,9H,8H2,1H3,(H,13,14). The normalized spacial score (nSPS) is 10.1. The summed E-state index contributed by atoms with van der Waals surface area (Å²) >= 11 is 0. The average molecular weight is 215 g/mol. The third-order valence-corrected chi connectivity index (χ3v) is 2.33. The van der Waals surface area contributed by atoms with Crippen LogP contribution in [0.25, 0.3) is 0 Å². The van der Waals surface area contributed by atoms with Crippen molar-refractivity contribution < 1.29 is 4.79 Å². The Morgan fingerprint density at radius 1 is 1.38 bits per heavy atom. The van der Waals surface area contributed by atoms with Crippen molar-refractivity contribution in [2.45, 2.75) is 6.54 Å². The van der Waals surface area contributed by atoms with E-state index >= 15 is 0 Å². The van der Waals surface area contributed by atoms with E-state index in [4.69, 9.17) is 0 Å². The largest absolute Gasteiger partial charge is 0.350 e. The molecule has 0 spiro atoms. The number of nitrogens with zero attached hydrogens (tertiary/aromatic N) is 2. The predicted molar refractivity (Wildman–Crippen MR) is 60.8 cm³/mol. The van der Waals surface area contributed by atoms with Crippen LogP contribution in [-0.2, 0) is 6.54 Å². The summed E-state index contributed by atoms with van der Waals surface area (Å²) in [7, 11) is 1.77. The maximum Gasteiger partial charge on any atom is 0.274 e. The molecule has 0 saturated carbocycles. The average Bonchev–Trinajstić information content (AvgIpc) is 2.83. The Hall–Kier alpha value is -2.10. The minimum absolute atomic E-state index is 0.0786. The highest BCUT2D eigenvalue weighted by Gasteiger charge is 2.13. The fraction of sp³-hybridized carbons (Fsp3) is 0.167. The van der Waals surface area contributed by atoms with E-state index in [0.29, 0.717) is 12.2 Å². The number of hydrogen-bond donors (Lipinski definition) is 1. The molecule has 2 rings (SSSR count). The molecule has 1 aromatic carbocycles. The van der Waals surface area contributed by atoms with Gasteiger partial charge in [0.1, 0.15) is 5.69 Å². The first-order valence-corrected chi connectivity index (χ1v) is 5.05. The lowest BCUT2D eigenvalue weighted by Gasteiger charge is -2.15. The van der Waals surface area contributed by atoms with Gasteiger partial charge in [-0.15, -0.1) is 0 Å². The molecule has 1 aromatic heterocycles. The smallest absolute Gasteiger partial charge is 0.274 e. The molecule has 0 atom stereocenters. The highest BCUT2D eigenvalue weighted by molar-refractivity contribution is 5.91. The van der Waals surface area contributed by atoms with Gasteiger partial charge in [-0.25, -0.2) is 4.98 Å². The SMILES string of the molecule is CN(Cc1ccccc1)C(=O)c1c[nH]cn1. The molecule has 0 bridgehead atoms. The molecule has 0 fully saturated rings. The zero-order valence-corrected chi connectivity index (χ0v) is 9.05. The molecule has 0 saturated heterocycles. The highest BCUT2D eigenvalue weighted by atomic mass is 16.2. The lowest BCUT2D eigenvalue weighted by Crippen LogP contribution is -2.26. The summed E-state index contributed by atoms with van der Waals surface area (Å²) in [6, 6.07) is 9.87. The van der Waals surface area contributed by atoms with Crippen LogP contribution in [0.4, 0.5) is 0 Å². The lowest BCUT2D eigenvalue weighted by atomic mass is 10.2. The van der Waals surface area contributed by atoms with Gasteiger partial charge in [0.2, 0.25) is 0 Å². The van der Waals surface area contributed by atoms with Gasteiger partial charge in [0, 0.05) is 19.8 Å². The van der Waals surface area contributed by atoms with Gasteiger partial charge in [-0.1, -0.05) is 30.3 Å². The van der Waals surface area contributed by atoms with Crippen molar-refractivity contribution in [1.82, 2.24) is 14.9 Å². The van der Waals surface area contributed by atoms with Gasteiger partial charge in [-0.2, -0.15) is 0 Å². The van der Waals surface area contributed by atoms with Gasteiger partial charge in [0.05, 0.1) is 6.33 Å². The summed E-state index contributed by atoms with van der Waals surface area (Å²) in [4.78, 5) is 20.2. The second-order valence-corrected chi connectivity index (χ2v) is 3.60. The van der Waals surface area contributed by atoms with Crippen molar-refractivity contribution >= 4 is 5.91 Å². The molecule has 4 heteroatoms. The monoisotopic (exact) mass is 215 g/mol. The number of hydrogen-bond acceptors (Lipinski definition) is 2. The van der Waals surface area contributed by atoms with Crippen molar-refractivity contribution in [2.75, 3.05) is 7.05 Å². The van der Waals surface area contributed by atoms with Crippen LogP contribution in [0, 0.1) is 0 Å². The van der Waals surface area contributed by atoms with Crippen LogP contribution in [0.1, 0.15) is 16.1 Å². The second-order valence-electron chi connectivity index (χ2n) is 3.60. The molecular formula is C12H13N3O. The minimum Gasteiger partial charge on any atom is -0.350 e. The number of amides is 1. The van der Waals surface area contributed by atoms with E-state index < -0.39 is 0 Å². The van der Waals surface area contributed by atoms with Crippen molar-refractivity contribution in [2.24, 2.45) is 0 Å². The van der Waals surface area contributed by atoms with Crippen molar-refractivity contribution in [3.05, 3.63) is 54.1 Å². The summed E-state index contributed by atoms with van der Waals surface area (Å²) in [5.74, 6) is -0.0786. The molecule has 0 unspecified atom stereocenters. The van der Waals surface area contributed by atoms with Crippen molar-refractivity contribution in [3.63, 3.8) is 0 Å². The third kappa shape index (κ3) is 2.28. The first kappa shape index (κ1) is 10.4. The quantitative estimate of drug-likeness (QED) is 0.846. The Balaban J connectivity index is 2.04. The van der Waals surface area contributed by atoms with Crippen LogP contribution in [-0.4, -0.2) is 27.8 Å². The van der Waals surface area contributed by atoms with Gasteiger partial charge in [0.15, 0.2) is 0 Å². The van der Waals surface area contributed by atoms with Crippen molar-refractivity contribution in [1.29, 1.82) is 0 Å². The summed E-state index contributed by atoms with van der Waals surface area (Å²) in [5, 5.41) is 0. The van der Waals surface area contributed by atoms with E-state index in [9.17, 15) is 4.79 Å². The van der Waals surface area contributed by atoms with E-state index in [0.717, 1.165) is 5.56 Å². The van der Waals surface area contributed by atoms with E-state index in [-0.39, 0.29) is 5.91 Å². The fourth-order valence-electron chi connectivity index (χ4n) is 1.50. The Bertz CT molecular complexity index is 450. The molecule has 1 N–H and O–H groups in total. The Morgan fingerprint density at radius 3 is 2.75 bits per heavy atom. The van der Waals surface area contributed by atoms with Gasteiger partial charge < -0.3 is 9.88 Å². The molecule has 0 aliphatic carbocycles. The molecular weight excluding hydrogens is 202 g/mol. The Kier molecular flexibility index (Phi) is 3.00. The molecule has 1 heterocycles. The number of carbonyl (C=O) groups excluding carboxylic acids is 1. The number of nitrogens with one attached hydrogen (secondary N) is 1. The van der Waals surface area contributed by atoms with Gasteiger partial charge in [-0.05, 0) is 5.56 Å². The highest BCUT2D eigenvalue weighted by Crippen LogP contribution is 2.05. The first-order chi connectivity index (χ1) is 7.77. The number of carbonyl (C=O) groups is 1. The van der Waals surface area contributed by atoms with Crippen LogP contribution in [0.5, 0.6) is 0 Å². The molecule has 0 aliphatic heterocycles. The molecule has 16 heavy (non-hydrogen) atoms. The van der Waals surface area contributed by atoms with Crippen LogP contribution in [0.15, 0.2) is 42.9 Å². The van der Waals surface area contributed by atoms with Gasteiger partial charge >= 0.3 is 0 Å². The summed E-state index contributed by atoms with van der Waals surface area (Å²) in [6.45, 7) is 0.590. The Labute approximate surface area is 93.9 Å². The molecule has 82 valence electrons.